The van der Waals surface area contributed by atoms with Gasteiger partial charge < -0.3 is 11.2 Å². The predicted octanol–water partition coefficient (Wildman–Crippen LogP) is 3.47. The van der Waals surface area contributed by atoms with Crippen LogP contribution < -0.4 is 11.2 Å². The highest BCUT2D eigenvalue weighted by molar-refractivity contribution is 8.00. The van der Waals surface area contributed by atoms with E-state index in [4.69, 9.17) is 5.84 Å². The molecular weight excluding hydrogens is 389 g/mol. The fourth-order valence-corrected chi connectivity index (χ4v) is 4.37. The van der Waals surface area contributed by atoms with Gasteiger partial charge in [-0.15, -0.1) is 10.2 Å². The molecule has 1 aliphatic carbocycles. The van der Waals surface area contributed by atoms with E-state index in [0.717, 1.165) is 19.3 Å². The van der Waals surface area contributed by atoms with Crippen molar-refractivity contribution in [3.8, 4) is 11.4 Å². The summed E-state index contributed by atoms with van der Waals surface area (Å²) in [7, 11) is 0. The maximum absolute atomic E-state index is 13.5. The number of nitrogens with zero attached hydrogens (tertiary/aromatic N) is 3. The Morgan fingerprint density at radius 2 is 2.10 bits per heavy atom. The van der Waals surface area contributed by atoms with Crippen molar-refractivity contribution in [2.45, 2.75) is 42.6 Å². The third-order valence-corrected chi connectivity index (χ3v) is 6.14. The number of benzene rings is 2. The first-order valence-electron chi connectivity index (χ1n) is 9.54. The number of aromatic nitrogens is 3. The number of aryl methyl sites for hydroxylation is 1. The predicted molar refractivity (Wildman–Crippen MR) is 111 cm³/mol. The van der Waals surface area contributed by atoms with Crippen LogP contribution in [0.5, 0.6) is 0 Å². The number of amides is 1. The summed E-state index contributed by atoms with van der Waals surface area (Å²) in [5.74, 6) is 5.99. The van der Waals surface area contributed by atoms with E-state index in [0.29, 0.717) is 16.5 Å². The van der Waals surface area contributed by atoms with Crippen molar-refractivity contribution in [2.24, 2.45) is 0 Å². The Kier molecular flexibility index (Phi) is 5.53. The Bertz CT molecular complexity index is 1040. The minimum Gasteiger partial charge on any atom is -0.348 e. The summed E-state index contributed by atoms with van der Waals surface area (Å²) in [6.07, 6.45) is 3.03. The molecule has 3 aromatic rings. The first kappa shape index (κ1) is 19.4. The second kappa shape index (κ2) is 8.24. The molecule has 0 saturated carbocycles. The van der Waals surface area contributed by atoms with E-state index < -0.39 is 5.25 Å². The van der Waals surface area contributed by atoms with Crippen LogP contribution in [-0.2, 0) is 11.2 Å². The molecule has 29 heavy (non-hydrogen) atoms. The zero-order valence-electron chi connectivity index (χ0n) is 16.0. The summed E-state index contributed by atoms with van der Waals surface area (Å²) in [5, 5.41) is 11.3. The van der Waals surface area contributed by atoms with Crippen molar-refractivity contribution in [1.82, 2.24) is 20.2 Å². The van der Waals surface area contributed by atoms with Crippen molar-refractivity contribution < 1.29 is 9.18 Å². The van der Waals surface area contributed by atoms with Gasteiger partial charge in [0, 0.05) is 5.56 Å². The molecule has 0 radical (unpaired) electrons. The van der Waals surface area contributed by atoms with Gasteiger partial charge in [-0.3, -0.25) is 4.79 Å². The fraction of sp³-hybridized carbons (Fsp3) is 0.286. The highest BCUT2D eigenvalue weighted by Gasteiger charge is 2.25. The summed E-state index contributed by atoms with van der Waals surface area (Å²) in [6.45, 7) is 1.81. The van der Waals surface area contributed by atoms with Gasteiger partial charge in [-0.25, -0.2) is 9.07 Å². The number of rotatable bonds is 5. The molecule has 150 valence electrons. The van der Waals surface area contributed by atoms with E-state index in [1.54, 1.807) is 12.1 Å². The number of hydrogen-bond acceptors (Lipinski definition) is 5. The lowest BCUT2D eigenvalue weighted by molar-refractivity contribution is -0.121. The average Bonchev–Trinajstić information content (AvgIpc) is 3.08. The molecular formula is C21H22FN5OS. The molecule has 0 fully saturated rings. The van der Waals surface area contributed by atoms with Crippen molar-refractivity contribution in [3.05, 3.63) is 65.5 Å². The zero-order valence-corrected chi connectivity index (χ0v) is 16.8. The van der Waals surface area contributed by atoms with Gasteiger partial charge in [-0.2, -0.15) is 0 Å². The summed E-state index contributed by atoms with van der Waals surface area (Å²) in [6, 6.07) is 14.3. The number of carbonyl (C=O) groups excluding carboxylic acids is 1. The number of fused-ring (bicyclic) bond motifs is 1. The molecule has 0 bridgehead atoms. The molecule has 0 saturated heterocycles. The minimum absolute atomic E-state index is 0.0223. The van der Waals surface area contributed by atoms with Crippen LogP contribution in [0.2, 0.25) is 0 Å². The SMILES string of the molecule is C[C@@H](Sc1nnc(-c2cccc(F)c2)n1N)C(=O)N[C@@H]1CCCc2ccccc21. The number of nitrogens with one attached hydrogen (secondary N) is 1. The Balaban J connectivity index is 1.45. The van der Waals surface area contributed by atoms with E-state index in [9.17, 15) is 9.18 Å². The third kappa shape index (κ3) is 4.12. The first-order chi connectivity index (χ1) is 14.0. The van der Waals surface area contributed by atoms with Crippen LogP contribution in [0.1, 0.15) is 36.9 Å². The summed E-state index contributed by atoms with van der Waals surface area (Å²) in [4.78, 5) is 12.8. The Labute approximate surface area is 172 Å². The molecule has 0 aliphatic heterocycles. The topological polar surface area (TPSA) is 85.8 Å². The highest BCUT2D eigenvalue weighted by Crippen LogP contribution is 2.31. The largest absolute Gasteiger partial charge is 0.348 e. The van der Waals surface area contributed by atoms with Crippen molar-refractivity contribution in [2.75, 3.05) is 5.84 Å². The molecule has 4 rings (SSSR count). The zero-order chi connectivity index (χ0) is 20.4. The lowest BCUT2D eigenvalue weighted by Gasteiger charge is -2.27. The number of hydrogen-bond donors (Lipinski definition) is 2. The molecule has 8 heteroatoms. The average molecular weight is 412 g/mol. The van der Waals surface area contributed by atoms with E-state index >= 15 is 0 Å². The van der Waals surface area contributed by atoms with Gasteiger partial charge in [0.1, 0.15) is 5.82 Å². The second-order valence-corrected chi connectivity index (χ2v) is 8.41. The van der Waals surface area contributed by atoms with Crippen LogP contribution in [0, 0.1) is 5.82 Å². The lowest BCUT2D eigenvalue weighted by Crippen LogP contribution is -2.36. The number of thioether (sulfide) groups is 1. The highest BCUT2D eigenvalue weighted by atomic mass is 32.2. The van der Waals surface area contributed by atoms with Gasteiger partial charge in [-0.05, 0) is 49.4 Å². The van der Waals surface area contributed by atoms with Gasteiger partial charge in [0.05, 0.1) is 11.3 Å². The number of carbonyl (C=O) groups is 1. The smallest absolute Gasteiger partial charge is 0.233 e. The van der Waals surface area contributed by atoms with Gasteiger partial charge >= 0.3 is 0 Å². The standard InChI is InChI=1S/C21H22FN5OS/c1-13(20(28)24-18-11-5-7-14-6-2-3-10-17(14)18)29-21-26-25-19(27(21)23)15-8-4-9-16(22)12-15/h2-4,6,8-10,12-13,18H,5,7,11,23H2,1H3,(H,24,28)/t13-,18-/m1/s1. The van der Waals surface area contributed by atoms with Crippen molar-refractivity contribution >= 4 is 17.7 Å². The van der Waals surface area contributed by atoms with Gasteiger partial charge in [0.25, 0.3) is 0 Å². The fourth-order valence-electron chi connectivity index (χ4n) is 3.59. The van der Waals surface area contributed by atoms with Crippen molar-refractivity contribution in [3.63, 3.8) is 0 Å². The third-order valence-electron chi connectivity index (χ3n) is 5.08. The Morgan fingerprint density at radius 3 is 2.93 bits per heavy atom. The van der Waals surface area contributed by atoms with Gasteiger partial charge in [-0.1, -0.05) is 48.2 Å². The number of nitrogen functional groups attached to an aromatic ring is 1. The van der Waals surface area contributed by atoms with E-state index in [2.05, 4.69) is 27.6 Å². The molecule has 2 atom stereocenters. The maximum atomic E-state index is 13.5. The molecule has 3 N–H and O–H groups in total. The first-order valence-corrected chi connectivity index (χ1v) is 10.4. The molecule has 1 aromatic heterocycles. The monoisotopic (exact) mass is 411 g/mol. The molecule has 1 heterocycles. The lowest BCUT2D eigenvalue weighted by atomic mass is 9.88. The Hall–Kier alpha value is -2.87. The number of halogens is 1. The van der Waals surface area contributed by atoms with E-state index in [1.807, 2.05) is 19.1 Å². The molecule has 0 spiro atoms. The summed E-state index contributed by atoms with van der Waals surface area (Å²) < 4.78 is 14.8. The van der Waals surface area contributed by atoms with Crippen LogP contribution in [0.15, 0.2) is 53.7 Å². The molecule has 0 unspecified atom stereocenters. The number of nitrogens with two attached hydrogens (primary N) is 1. The van der Waals surface area contributed by atoms with E-state index in [-0.39, 0.29) is 17.8 Å². The van der Waals surface area contributed by atoms with Crippen LogP contribution in [0.3, 0.4) is 0 Å². The normalized spacial score (nSPS) is 16.8. The Morgan fingerprint density at radius 1 is 1.28 bits per heavy atom. The molecule has 6 nitrogen and oxygen atoms in total. The molecule has 1 aliphatic rings. The van der Waals surface area contributed by atoms with Crippen molar-refractivity contribution in [1.29, 1.82) is 0 Å². The van der Waals surface area contributed by atoms with Gasteiger partial charge in [0.2, 0.25) is 11.1 Å². The van der Waals surface area contributed by atoms with Crippen LogP contribution in [0.25, 0.3) is 11.4 Å². The summed E-state index contributed by atoms with van der Waals surface area (Å²) in [5.41, 5.74) is 3.02. The van der Waals surface area contributed by atoms with Crippen LogP contribution in [0.4, 0.5) is 4.39 Å². The second-order valence-electron chi connectivity index (χ2n) is 7.10. The molecule has 1 amide bonds. The molecule has 2 aromatic carbocycles. The van der Waals surface area contributed by atoms with E-state index in [1.165, 1.54) is 39.7 Å². The van der Waals surface area contributed by atoms with Crippen LogP contribution >= 0.6 is 11.8 Å². The van der Waals surface area contributed by atoms with Crippen LogP contribution in [-0.4, -0.2) is 26.0 Å². The van der Waals surface area contributed by atoms with Gasteiger partial charge in [0.15, 0.2) is 5.82 Å². The maximum Gasteiger partial charge on any atom is 0.233 e. The summed E-state index contributed by atoms with van der Waals surface area (Å²) >= 11 is 1.23. The minimum atomic E-state index is -0.407. The quantitative estimate of drug-likeness (QED) is 0.496.